The van der Waals surface area contributed by atoms with Gasteiger partial charge in [0.1, 0.15) is 5.60 Å². The number of methoxy groups -OCH3 is 2. The Morgan fingerprint density at radius 2 is 1.77 bits per heavy atom. The van der Waals surface area contributed by atoms with E-state index in [0.29, 0.717) is 5.92 Å². The van der Waals surface area contributed by atoms with Crippen LogP contribution in [0.3, 0.4) is 0 Å². The molecule has 1 fully saturated rings. The van der Waals surface area contributed by atoms with Crippen LogP contribution >= 0.6 is 0 Å². The molecule has 6 heteroatoms. The maximum Gasteiger partial charge on any atom is 0.407 e. The third-order valence-electron chi connectivity index (χ3n) is 4.61. The number of ether oxygens (including phenoxy) is 3. The summed E-state index contributed by atoms with van der Waals surface area (Å²) in [5.41, 5.74) is 0.446. The van der Waals surface area contributed by atoms with Crippen LogP contribution in [0.5, 0.6) is 0 Å². The van der Waals surface area contributed by atoms with Gasteiger partial charge in [-0.3, -0.25) is 5.32 Å². The van der Waals surface area contributed by atoms with Crippen molar-refractivity contribution in [3.63, 3.8) is 0 Å². The zero-order valence-corrected chi connectivity index (χ0v) is 16.5. The Labute approximate surface area is 156 Å². The predicted octanol–water partition coefficient (Wildman–Crippen LogP) is 3.37. The predicted molar refractivity (Wildman–Crippen MR) is 101 cm³/mol. The van der Waals surface area contributed by atoms with Crippen LogP contribution in [0.4, 0.5) is 4.79 Å². The Balaban J connectivity index is 1.87. The first-order valence-corrected chi connectivity index (χ1v) is 9.18. The molecule has 6 nitrogen and oxygen atoms in total. The average Bonchev–Trinajstić information content (AvgIpc) is 3.03. The molecule has 0 bridgehead atoms. The van der Waals surface area contributed by atoms with Crippen molar-refractivity contribution >= 4 is 6.09 Å². The van der Waals surface area contributed by atoms with E-state index in [0.717, 1.165) is 31.4 Å². The number of alkyl carbamates (subject to hydrolysis) is 1. The van der Waals surface area contributed by atoms with Crippen LogP contribution < -0.4 is 10.6 Å². The first-order valence-electron chi connectivity index (χ1n) is 9.18. The molecule has 0 saturated heterocycles. The highest BCUT2D eigenvalue weighted by Gasteiger charge is 2.34. The van der Waals surface area contributed by atoms with Gasteiger partial charge in [0.25, 0.3) is 5.91 Å². The molecule has 2 atom stereocenters. The minimum absolute atomic E-state index is 0.146. The second-order valence-electron chi connectivity index (χ2n) is 7.79. The van der Waals surface area contributed by atoms with Crippen LogP contribution in [0, 0.1) is 5.92 Å². The molecule has 0 aromatic heterocycles. The standard InChI is InChI=1S/C20H32N2O4/c1-19(2,3)26-18(23)22-17-12-11-15(13-17)14-21-20(24-4,25-5)16-9-7-6-8-10-16/h6-10,15,17,21H,11-14H2,1-5H3,(H,22,23). The summed E-state index contributed by atoms with van der Waals surface area (Å²) in [5, 5.41) is 6.39. The van der Waals surface area contributed by atoms with Crippen molar-refractivity contribution in [2.75, 3.05) is 20.8 Å². The molecule has 1 aliphatic rings. The number of nitrogens with one attached hydrogen (secondary N) is 2. The van der Waals surface area contributed by atoms with Crippen LogP contribution in [-0.4, -0.2) is 38.5 Å². The average molecular weight is 364 g/mol. The maximum absolute atomic E-state index is 11.9. The normalized spacial score (nSPS) is 20.8. The van der Waals surface area contributed by atoms with Gasteiger partial charge in [0.05, 0.1) is 0 Å². The molecule has 1 aromatic rings. The third-order valence-corrected chi connectivity index (χ3v) is 4.61. The number of amides is 1. The lowest BCUT2D eigenvalue weighted by atomic mass is 10.1. The third kappa shape index (κ3) is 5.69. The molecule has 2 N–H and O–H groups in total. The summed E-state index contributed by atoms with van der Waals surface area (Å²) in [6.45, 7) is 6.34. The number of carbonyl (C=O) groups excluding carboxylic acids is 1. The minimum Gasteiger partial charge on any atom is -0.444 e. The molecule has 1 aliphatic carbocycles. The highest BCUT2D eigenvalue weighted by atomic mass is 16.7. The molecule has 0 aliphatic heterocycles. The van der Waals surface area contributed by atoms with E-state index >= 15 is 0 Å². The molecule has 26 heavy (non-hydrogen) atoms. The molecular formula is C20H32N2O4. The Bertz CT molecular complexity index is 567. The van der Waals surface area contributed by atoms with E-state index in [-0.39, 0.29) is 12.1 Å². The maximum atomic E-state index is 11.9. The summed E-state index contributed by atoms with van der Waals surface area (Å²) in [5.74, 6) is -0.527. The minimum atomic E-state index is -0.960. The summed E-state index contributed by atoms with van der Waals surface area (Å²) in [4.78, 5) is 11.9. The number of rotatable bonds is 7. The van der Waals surface area contributed by atoms with E-state index in [4.69, 9.17) is 14.2 Å². The summed E-state index contributed by atoms with van der Waals surface area (Å²) in [6.07, 6.45) is 2.55. The lowest BCUT2D eigenvalue weighted by Crippen LogP contribution is -2.47. The summed E-state index contributed by atoms with van der Waals surface area (Å²) < 4.78 is 16.6. The Hall–Kier alpha value is -1.63. The van der Waals surface area contributed by atoms with Gasteiger partial charge < -0.3 is 19.5 Å². The lowest BCUT2D eigenvalue weighted by molar-refractivity contribution is -0.239. The Morgan fingerprint density at radius 3 is 2.35 bits per heavy atom. The molecule has 0 spiro atoms. The zero-order chi connectivity index (χ0) is 19.2. The van der Waals surface area contributed by atoms with Gasteiger partial charge >= 0.3 is 6.09 Å². The molecule has 2 unspecified atom stereocenters. The molecule has 146 valence electrons. The Morgan fingerprint density at radius 1 is 1.12 bits per heavy atom. The van der Waals surface area contributed by atoms with Crippen molar-refractivity contribution in [3.8, 4) is 0 Å². The molecule has 0 heterocycles. The van der Waals surface area contributed by atoms with E-state index in [1.54, 1.807) is 14.2 Å². The largest absolute Gasteiger partial charge is 0.444 e. The van der Waals surface area contributed by atoms with Crippen molar-refractivity contribution in [1.29, 1.82) is 0 Å². The van der Waals surface area contributed by atoms with Gasteiger partial charge in [-0.25, -0.2) is 4.79 Å². The van der Waals surface area contributed by atoms with Crippen LogP contribution in [0.2, 0.25) is 0 Å². The van der Waals surface area contributed by atoms with E-state index in [1.807, 2.05) is 51.1 Å². The number of hydrogen-bond donors (Lipinski definition) is 2. The van der Waals surface area contributed by atoms with Crippen molar-refractivity contribution in [3.05, 3.63) is 35.9 Å². The Kier molecular flexibility index (Phi) is 7.03. The lowest BCUT2D eigenvalue weighted by Gasteiger charge is -2.33. The molecule has 1 amide bonds. The fraction of sp³-hybridized carbons (Fsp3) is 0.650. The van der Waals surface area contributed by atoms with E-state index in [1.165, 1.54) is 0 Å². The van der Waals surface area contributed by atoms with Gasteiger partial charge in [0.2, 0.25) is 0 Å². The molecule has 0 radical (unpaired) electrons. The van der Waals surface area contributed by atoms with Gasteiger partial charge in [-0.15, -0.1) is 0 Å². The zero-order valence-electron chi connectivity index (χ0n) is 16.5. The van der Waals surface area contributed by atoms with Gasteiger partial charge in [0.15, 0.2) is 0 Å². The van der Waals surface area contributed by atoms with Crippen LogP contribution in [0.15, 0.2) is 30.3 Å². The quantitative estimate of drug-likeness (QED) is 0.726. The fourth-order valence-electron chi connectivity index (χ4n) is 3.37. The first kappa shape index (κ1) is 20.7. The molecule has 1 aromatic carbocycles. The monoisotopic (exact) mass is 364 g/mol. The van der Waals surface area contributed by atoms with Crippen LogP contribution in [0.1, 0.15) is 45.6 Å². The van der Waals surface area contributed by atoms with Gasteiger partial charge in [0, 0.05) is 32.4 Å². The van der Waals surface area contributed by atoms with Crippen molar-refractivity contribution in [2.24, 2.45) is 5.92 Å². The highest BCUT2D eigenvalue weighted by Crippen LogP contribution is 2.28. The molecule has 2 rings (SSSR count). The highest BCUT2D eigenvalue weighted by molar-refractivity contribution is 5.68. The van der Waals surface area contributed by atoms with Gasteiger partial charge in [-0.05, 0) is 46.0 Å². The van der Waals surface area contributed by atoms with E-state index < -0.39 is 11.5 Å². The van der Waals surface area contributed by atoms with Gasteiger partial charge in [-0.1, -0.05) is 30.3 Å². The number of benzene rings is 1. The first-order chi connectivity index (χ1) is 12.3. The number of carbonyl (C=O) groups is 1. The topological polar surface area (TPSA) is 68.8 Å². The fourth-order valence-corrected chi connectivity index (χ4v) is 3.37. The smallest absolute Gasteiger partial charge is 0.407 e. The van der Waals surface area contributed by atoms with Crippen molar-refractivity contribution in [1.82, 2.24) is 10.6 Å². The molecule has 1 saturated carbocycles. The number of hydrogen-bond acceptors (Lipinski definition) is 5. The second kappa shape index (κ2) is 8.84. The van der Waals surface area contributed by atoms with Crippen LogP contribution in [0.25, 0.3) is 0 Å². The van der Waals surface area contributed by atoms with Crippen molar-refractivity contribution in [2.45, 2.75) is 57.6 Å². The van der Waals surface area contributed by atoms with Crippen LogP contribution in [-0.2, 0) is 20.1 Å². The van der Waals surface area contributed by atoms with E-state index in [2.05, 4.69) is 10.6 Å². The van der Waals surface area contributed by atoms with Crippen molar-refractivity contribution < 1.29 is 19.0 Å². The van der Waals surface area contributed by atoms with Gasteiger partial charge in [-0.2, -0.15) is 0 Å². The molecular weight excluding hydrogens is 332 g/mol. The summed E-state index contributed by atoms with van der Waals surface area (Å²) in [6, 6.07) is 9.97. The summed E-state index contributed by atoms with van der Waals surface area (Å²) in [7, 11) is 3.26. The van der Waals surface area contributed by atoms with E-state index in [9.17, 15) is 4.79 Å². The second-order valence-corrected chi connectivity index (χ2v) is 7.79. The SMILES string of the molecule is COC(NCC1CCC(NC(=O)OC(C)(C)C)C1)(OC)c1ccccc1. The summed E-state index contributed by atoms with van der Waals surface area (Å²) >= 11 is 0.